The second-order valence-electron chi connectivity index (χ2n) is 6.40. The van der Waals surface area contributed by atoms with Crippen LogP contribution in [0.1, 0.15) is 11.7 Å². The van der Waals surface area contributed by atoms with E-state index in [9.17, 15) is 9.59 Å². The Hall–Kier alpha value is -2.89. The number of hydrogen-bond donors (Lipinski definition) is 1. The van der Waals surface area contributed by atoms with Gasteiger partial charge in [-0.1, -0.05) is 35.3 Å². The summed E-state index contributed by atoms with van der Waals surface area (Å²) >= 11 is 12.0. The summed E-state index contributed by atoms with van der Waals surface area (Å²) in [6, 6.07) is 18.4. The van der Waals surface area contributed by atoms with E-state index in [1.807, 2.05) is 18.2 Å². The number of amides is 2. The van der Waals surface area contributed by atoms with Crippen molar-refractivity contribution >= 4 is 46.4 Å². The van der Waals surface area contributed by atoms with E-state index < -0.39 is 6.04 Å². The van der Waals surface area contributed by atoms with E-state index >= 15 is 0 Å². The summed E-state index contributed by atoms with van der Waals surface area (Å²) in [5.41, 5.74) is 1.89. The maximum atomic E-state index is 13.2. The van der Waals surface area contributed by atoms with Crippen LogP contribution in [-0.4, -0.2) is 11.8 Å². The van der Waals surface area contributed by atoms with Crippen molar-refractivity contribution < 1.29 is 14.2 Å². The molecule has 2 amide bonds. The molecular formula is C21H16Cl2N3O2+. The molecule has 0 saturated carbocycles. The van der Waals surface area contributed by atoms with Gasteiger partial charge in [0.1, 0.15) is 0 Å². The first kappa shape index (κ1) is 18.5. The number of carbonyl (C=O) groups is 2. The number of nitrogens with one attached hydrogen (secondary N) is 1. The average Bonchev–Trinajstić information content (AvgIpc) is 2.68. The molecular weight excluding hydrogens is 397 g/mol. The van der Waals surface area contributed by atoms with E-state index in [0.29, 0.717) is 27.1 Å². The Morgan fingerprint density at radius 1 is 1.00 bits per heavy atom. The van der Waals surface area contributed by atoms with Crippen molar-refractivity contribution in [2.75, 3.05) is 10.2 Å². The van der Waals surface area contributed by atoms with Gasteiger partial charge in [-0.15, -0.1) is 0 Å². The van der Waals surface area contributed by atoms with Crippen LogP contribution in [0.25, 0.3) is 0 Å². The molecule has 1 aromatic heterocycles. The zero-order valence-electron chi connectivity index (χ0n) is 14.7. The van der Waals surface area contributed by atoms with Gasteiger partial charge in [-0.2, -0.15) is 4.57 Å². The minimum Gasteiger partial charge on any atom is -0.324 e. The van der Waals surface area contributed by atoms with Gasteiger partial charge in [-0.05, 0) is 42.5 Å². The SMILES string of the molecule is O=C(Nc1ccc(Cl)cc1)[C@@H]1c2cccc[n+]2CC(=O)N1c1cccc(Cl)c1. The number of nitrogens with zero attached hydrogens (tertiary/aromatic N) is 2. The molecule has 4 rings (SSSR count). The summed E-state index contributed by atoms with van der Waals surface area (Å²) in [5, 5.41) is 3.95. The maximum absolute atomic E-state index is 13.2. The third-order valence-electron chi connectivity index (χ3n) is 4.53. The van der Waals surface area contributed by atoms with Gasteiger partial charge in [0, 0.05) is 33.6 Å². The zero-order valence-corrected chi connectivity index (χ0v) is 16.2. The molecule has 0 fully saturated rings. The number of halogens is 2. The second-order valence-corrected chi connectivity index (χ2v) is 7.27. The first-order valence-electron chi connectivity index (χ1n) is 8.65. The molecule has 0 aliphatic carbocycles. The van der Waals surface area contributed by atoms with Crippen LogP contribution in [0, 0.1) is 0 Å². The van der Waals surface area contributed by atoms with E-state index in [1.54, 1.807) is 59.3 Å². The van der Waals surface area contributed by atoms with Gasteiger partial charge in [0.05, 0.1) is 0 Å². The number of benzene rings is 2. The van der Waals surface area contributed by atoms with Crippen LogP contribution >= 0.6 is 23.2 Å². The molecule has 1 atom stereocenters. The lowest BCUT2D eigenvalue weighted by molar-refractivity contribution is -0.695. The minimum absolute atomic E-state index is 0.146. The molecule has 0 spiro atoms. The van der Waals surface area contributed by atoms with E-state index in [1.165, 1.54) is 4.90 Å². The Labute approximate surface area is 172 Å². The van der Waals surface area contributed by atoms with Crippen molar-refractivity contribution in [3.05, 3.63) is 88.7 Å². The lowest BCUT2D eigenvalue weighted by atomic mass is 10.0. The van der Waals surface area contributed by atoms with Gasteiger partial charge < -0.3 is 5.32 Å². The fourth-order valence-corrected chi connectivity index (χ4v) is 3.60. The zero-order chi connectivity index (χ0) is 19.7. The highest BCUT2D eigenvalue weighted by Crippen LogP contribution is 2.31. The Morgan fingerprint density at radius 3 is 2.54 bits per heavy atom. The van der Waals surface area contributed by atoms with Crippen molar-refractivity contribution in [2.24, 2.45) is 0 Å². The van der Waals surface area contributed by atoms with Crippen LogP contribution in [0.3, 0.4) is 0 Å². The number of fused-ring (bicyclic) bond motifs is 1. The molecule has 0 bridgehead atoms. The topological polar surface area (TPSA) is 53.3 Å². The molecule has 1 aliphatic rings. The predicted molar refractivity (Wildman–Crippen MR) is 108 cm³/mol. The molecule has 0 radical (unpaired) electrons. The Kier molecular flexibility index (Phi) is 5.03. The largest absolute Gasteiger partial charge is 0.324 e. The summed E-state index contributed by atoms with van der Waals surface area (Å²) < 4.78 is 1.79. The van der Waals surface area contributed by atoms with E-state index in [2.05, 4.69) is 5.32 Å². The fraction of sp³-hybridized carbons (Fsp3) is 0.0952. The summed E-state index contributed by atoms with van der Waals surface area (Å²) in [6.07, 6.45) is 1.80. The smallest absolute Gasteiger partial charge is 0.294 e. The maximum Gasteiger partial charge on any atom is 0.294 e. The second kappa shape index (κ2) is 7.62. The number of pyridine rings is 1. The summed E-state index contributed by atoms with van der Waals surface area (Å²) in [4.78, 5) is 27.7. The van der Waals surface area contributed by atoms with Gasteiger partial charge >= 0.3 is 0 Å². The molecule has 1 N–H and O–H groups in total. The molecule has 28 heavy (non-hydrogen) atoms. The van der Waals surface area contributed by atoms with Crippen molar-refractivity contribution in [1.82, 2.24) is 0 Å². The first-order chi connectivity index (χ1) is 13.5. The third kappa shape index (κ3) is 3.59. The summed E-state index contributed by atoms with van der Waals surface area (Å²) in [7, 11) is 0. The van der Waals surface area contributed by atoms with Crippen molar-refractivity contribution in [2.45, 2.75) is 12.6 Å². The van der Waals surface area contributed by atoms with Gasteiger partial charge in [-0.25, -0.2) is 0 Å². The number of hydrogen-bond acceptors (Lipinski definition) is 2. The Balaban J connectivity index is 1.77. The molecule has 2 heterocycles. The Morgan fingerprint density at radius 2 is 1.79 bits per heavy atom. The van der Waals surface area contributed by atoms with Crippen molar-refractivity contribution in [3.63, 3.8) is 0 Å². The molecule has 140 valence electrons. The van der Waals surface area contributed by atoms with Gasteiger partial charge in [0.2, 0.25) is 18.3 Å². The first-order valence-corrected chi connectivity index (χ1v) is 9.41. The summed E-state index contributed by atoms with van der Waals surface area (Å²) in [5.74, 6) is -0.516. The highest BCUT2D eigenvalue weighted by atomic mass is 35.5. The minimum atomic E-state index is -0.836. The average molecular weight is 413 g/mol. The van der Waals surface area contributed by atoms with Crippen molar-refractivity contribution in [3.8, 4) is 0 Å². The van der Waals surface area contributed by atoms with Crippen LogP contribution in [0.2, 0.25) is 10.0 Å². The van der Waals surface area contributed by atoms with Gasteiger partial charge in [0.25, 0.3) is 11.8 Å². The van der Waals surface area contributed by atoms with E-state index in [4.69, 9.17) is 23.2 Å². The lowest BCUT2D eigenvalue weighted by Gasteiger charge is -2.32. The fourth-order valence-electron chi connectivity index (χ4n) is 3.29. The number of rotatable bonds is 3. The molecule has 1 aliphatic heterocycles. The normalized spacial score (nSPS) is 15.9. The van der Waals surface area contributed by atoms with E-state index in [-0.39, 0.29) is 18.4 Å². The van der Waals surface area contributed by atoms with Crippen LogP contribution in [0.15, 0.2) is 72.9 Å². The number of anilines is 2. The Bertz CT molecular complexity index is 1050. The molecule has 3 aromatic rings. The highest BCUT2D eigenvalue weighted by Gasteiger charge is 2.43. The van der Waals surface area contributed by atoms with Gasteiger partial charge in [0.15, 0.2) is 6.20 Å². The lowest BCUT2D eigenvalue weighted by Crippen LogP contribution is -2.58. The third-order valence-corrected chi connectivity index (χ3v) is 5.02. The molecule has 5 nitrogen and oxygen atoms in total. The standard InChI is InChI=1S/C21H15Cl2N3O2/c22-14-7-9-16(10-8-14)24-21(28)20-18-6-1-2-11-25(18)13-19(27)26(20)17-5-3-4-15(23)12-17/h1-12,20H,13H2/p+1/t20-/m0/s1. The quantitative estimate of drug-likeness (QED) is 0.660. The molecule has 7 heteroatoms. The van der Waals surface area contributed by atoms with Crippen LogP contribution in [0.5, 0.6) is 0 Å². The monoisotopic (exact) mass is 412 g/mol. The van der Waals surface area contributed by atoms with E-state index in [0.717, 1.165) is 0 Å². The van der Waals surface area contributed by atoms with Crippen molar-refractivity contribution in [1.29, 1.82) is 0 Å². The van der Waals surface area contributed by atoms with Gasteiger partial charge in [-0.3, -0.25) is 14.5 Å². The molecule has 2 aromatic carbocycles. The molecule has 0 saturated heterocycles. The predicted octanol–water partition coefficient (Wildman–Crippen LogP) is 4.01. The highest BCUT2D eigenvalue weighted by molar-refractivity contribution is 6.31. The summed E-state index contributed by atoms with van der Waals surface area (Å²) in [6.45, 7) is 0.146. The molecule has 0 unspecified atom stereocenters. The van der Waals surface area contributed by atoms with Crippen LogP contribution in [0.4, 0.5) is 11.4 Å². The number of carbonyl (C=O) groups excluding carboxylic acids is 2. The van der Waals surface area contributed by atoms with Crippen LogP contribution in [-0.2, 0) is 16.1 Å². The number of aromatic nitrogens is 1. The van der Waals surface area contributed by atoms with Crippen LogP contribution < -0.4 is 14.8 Å².